The first-order valence-electron chi connectivity index (χ1n) is 8.41. The van der Waals surface area contributed by atoms with Crippen LogP contribution in [0.4, 0.5) is 0 Å². The maximum Gasteiger partial charge on any atom is 0.253 e. The number of nitrogens with zero attached hydrogens (tertiary/aromatic N) is 3. The summed E-state index contributed by atoms with van der Waals surface area (Å²) in [5.74, 6) is 0.720. The van der Waals surface area contributed by atoms with E-state index in [1.165, 1.54) is 0 Å². The van der Waals surface area contributed by atoms with Gasteiger partial charge in [0.05, 0.1) is 0 Å². The number of aromatic nitrogens is 1. The van der Waals surface area contributed by atoms with E-state index in [1.807, 2.05) is 23.6 Å². The molecular weight excluding hydrogens is 306 g/mol. The standard InChI is InChI=1S/C18H23N3O3/c1-12(2)17(22)20-7-4-8-21(10-9-20)18(23)14-5-6-16-15(11-14)19-13(3)24-16/h5-6,11-12H,4,7-10H2,1-3H3. The number of oxazole rings is 1. The van der Waals surface area contributed by atoms with E-state index in [4.69, 9.17) is 4.42 Å². The molecule has 1 aliphatic rings. The monoisotopic (exact) mass is 329 g/mol. The largest absolute Gasteiger partial charge is 0.441 e. The minimum atomic E-state index is -0.0172. The van der Waals surface area contributed by atoms with Crippen LogP contribution in [0.15, 0.2) is 22.6 Å². The van der Waals surface area contributed by atoms with E-state index in [1.54, 1.807) is 25.1 Å². The van der Waals surface area contributed by atoms with Gasteiger partial charge in [-0.15, -0.1) is 0 Å². The predicted molar refractivity (Wildman–Crippen MR) is 90.7 cm³/mol. The van der Waals surface area contributed by atoms with Crippen molar-refractivity contribution >= 4 is 22.9 Å². The molecule has 2 aromatic rings. The zero-order valence-electron chi connectivity index (χ0n) is 14.4. The van der Waals surface area contributed by atoms with E-state index in [-0.39, 0.29) is 17.7 Å². The molecule has 1 fully saturated rings. The Morgan fingerprint density at radius 2 is 1.83 bits per heavy atom. The van der Waals surface area contributed by atoms with Crippen LogP contribution in [-0.4, -0.2) is 52.8 Å². The average Bonchev–Trinajstić information content (AvgIpc) is 2.77. The highest BCUT2D eigenvalue weighted by Gasteiger charge is 2.24. The molecule has 2 heterocycles. The Kier molecular flexibility index (Phi) is 4.55. The molecule has 24 heavy (non-hydrogen) atoms. The Balaban J connectivity index is 1.73. The highest BCUT2D eigenvalue weighted by Crippen LogP contribution is 2.18. The number of carbonyl (C=O) groups is 2. The van der Waals surface area contributed by atoms with Crippen LogP contribution in [-0.2, 0) is 4.79 Å². The molecule has 0 unspecified atom stereocenters. The quantitative estimate of drug-likeness (QED) is 0.849. The number of benzene rings is 1. The van der Waals surface area contributed by atoms with E-state index in [0.717, 1.165) is 6.42 Å². The number of carbonyl (C=O) groups excluding carboxylic acids is 2. The predicted octanol–water partition coefficient (Wildman–Crippen LogP) is 2.47. The minimum absolute atomic E-state index is 0.00920. The summed E-state index contributed by atoms with van der Waals surface area (Å²) in [4.78, 5) is 32.9. The SMILES string of the molecule is Cc1nc2cc(C(=O)N3CCCN(C(=O)C(C)C)CC3)ccc2o1. The molecule has 1 saturated heterocycles. The molecule has 0 radical (unpaired) electrons. The Hall–Kier alpha value is -2.37. The van der Waals surface area contributed by atoms with Gasteiger partial charge in [-0.3, -0.25) is 9.59 Å². The van der Waals surface area contributed by atoms with Gasteiger partial charge in [-0.25, -0.2) is 4.98 Å². The molecule has 1 aromatic carbocycles. The Morgan fingerprint density at radius 3 is 2.58 bits per heavy atom. The summed E-state index contributed by atoms with van der Waals surface area (Å²) in [6.45, 7) is 8.13. The van der Waals surface area contributed by atoms with Gasteiger partial charge >= 0.3 is 0 Å². The molecule has 6 heteroatoms. The lowest BCUT2D eigenvalue weighted by Crippen LogP contribution is -2.38. The summed E-state index contributed by atoms with van der Waals surface area (Å²) in [6.07, 6.45) is 0.801. The summed E-state index contributed by atoms with van der Waals surface area (Å²) in [5, 5.41) is 0. The summed E-state index contributed by atoms with van der Waals surface area (Å²) in [6, 6.07) is 5.34. The minimum Gasteiger partial charge on any atom is -0.441 e. The molecule has 128 valence electrons. The van der Waals surface area contributed by atoms with Gasteiger partial charge < -0.3 is 14.2 Å². The third-order valence-corrected chi connectivity index (χ3v) is 4.33. The molecule has 0 atom stereocenters. The third kappa shape index (κ3) is 3.27. The van der Waals surface area contributed by atoms with Crippen LogP contribution < -0.4 is 0 Å². The molecule has 1 aromatic heterocycles. The summed E-state index contributed by atoms with van der Waals surface area (Å²) in [5.41, 5.74) is 2.00. The van der Waals surface area contributed by atoms with Crippen molar-refractivity contribution in [1.82, 2.24) is 14.8 Å². The molecule has 6 nitrogen and oxygen atoms in total. The molecule has 0 bridgehead atoms. The van der Waals surface area contributed by atoms with E-state index < -0.39 is 0 Å². The maximum absolute atomic E-state index is 12.8. The van der Waals surface area contributed by atoms with Gasteiger partial charge in [0, 0.05) is 44.6 Å². The molecule has 1 aliphatic heterocycles. The Bertz CT molecular complexity index is 766. The second kappa shape index (κ2) is 6.63. The topological polar surface area (TPSA) is 66.7 Å². The van der Waals surface area contributed by atoms with Crippen LogP contribution in [0.5, 0.6) is 0 Å². The van der Waals surface area contributed by atoms with Crippen LogP contribution in [0.25, 0.3) is 11.1 Å². The van der Waals surface area contributed by atoms with Crippen LogP contribution in [0.3, 0.4) is 0 Å². The van der Waals surface area contributed by atoms with Gasteiger partial charge in [-0.05, 0) is 24.6 Å². The van der Waals surface area contributed by atoms with Crippen molar-refractivity contribution in [3.05, 3.63) is 29.7 Å². The highest BCUT2D eigenvalue weighted by atomic mass is 16.3. The molecular formula is C18H23N3O3. The number of aryl methyl sites for hydroxylation is 1. The number of rotatable bonds is 2. The number of hydrogen-bond donors (Lipinski definition) is 0. The lowest BCUT2D eigenvalue weighted by Gasteiger charge is -2.23. The third-order valence-electron chi connectivity index (χ3n) is 4.33. The average molecular weight is 329 g/mol. The fraction of sp³-hybridized carbons (Fsp3) is 0.500. The molecule has 2 amide bonds. The Labute approximate surface area is 141 Å². The zero-order chi connectivity index (χ0) is 17.3. The number of amides is 2. The van der Waals surface area contributed by atoms with Gasteiger partial charge in [0.25, 0.3) is 5.91 Å². The van der Waals surface area contributed by atoms with Gasteiger partial charge in [-0.1, -0.05) is 13.8 Å². The number of fused-ring (bicyclic) bond motifs is 1. The van der Waals surface area contributed by atoms with Crippen molar-refractivity contribution in [1.29, 1.82) is 0 Å². The summed E-state index contributed by atoms with van der Waals surface area (Å²) >= 11 is 0. The molecule has 0 spiro atoms. The lowest BCUT2D eigenvalue weighted by molar-refractivity contribution is -0.134. The highest BCUT2D eigenvalue weighted by molar-refractivity contribution is 5.97. The van der Waals surface area contributed by atoms with Crippen molar-refractivity contribution < 1.29 is 14.0 Å². The first-order valence-corrected chi connectivity index (χ1v) is 8.41. The van der Waals surface area contributed by atoms with E-state index in [9.17, 15) is 9.59 Å². The second-order valence-electron chi connectivity index (χ2n) is 6.54. The van der Waals surface area contributed by atoms with Gasteiger partial charge in [-0.2, -0.15) is 0 Å². The van der Waals surface area contributed by atoms with Gasteiger partial charge in [0.15, 0.2) is 11.5 Å². The van der Waals surface area contributed by atoms with E-state index in [0.29, 0.717) is 48.7 Å². The van der Waals surface area contributed by atoms with E-state index >= 15 is 0 Å². The van der Waals surface area contributed by atoms with Crippen LogP contribution in [0.1, 0.15) is 36.5 Å². The first kappa shape index (κ1) is 16.5. The van der Waals surface area contributed by atoms with Crippen LogP contribution >= 0.6 is 0 Å². The fourth-order valence-electron chi connectivity index (χ4n) is 3.06. The summed E-state index contributed by atoms with van der Waals surface area (Å²) in [7, 11) is 0. The fourth-order valence-corrected chi connectivity index (χ4v) is 3.06. The molecule has 3 rings (SSSR count). The Morgan fingerprint density at radius 1 is 1.12 bits per heavy atom. The van der Waals surface area contributed by atoms with Crippen molar-refractivity contribution in [2.24, 2.45) is 5.92 Å². The van der Waals surface area contributed by atoms with Crippen molar-refractivity contribution in [3.8, 4) is 0 Å². The van der Waals surface area contributed by atoms with Crippen LogP contribution in [0.2, 0.25) is 0 Å². The smallest absolute Gasteiger partial charge is 0.253 e. The molecule has 0 N–H and O–H groups in total. The van der Waals surface area contributed by atoms with Crippen molar-refractivity contribution in [3.63, 3.8) is 0 Å². The maximum atomic E-state index is 12.8. The van der Waals surface area contributed by atoms with Crippen molar-refractivity contribution in [2.45, 2.75) is 27.2 Å². The lowest BCUT2D eigenvalue weighted by atomic mass is 10.1. The van der Waals surface area contributed by atoms with Crippen LogP contribution in [0, 0.1) is 12.8 Å². The first-order chi connectivity index (χ1) is 11.5. The van der Waals surface area contributed by atoms with Gasteiger partial charge in [0.2, 0.25) is 5.91 Å². The molecule has 0 saturated carbocycles. The normalized spacial score (nSPS) is 15.8. The zero-order valence-corrected chi connectivity index (χ0v) is 14.4. The van der Waals surface area contributed by atoms with Gasteiger partial charge in [0.1, 0.15) is 5.52 Å². The van der Waals surface area contributed by atoms with E-state index in [2.05, 4.69) is 4.98 Å². The second-order valence-corrected chi connectivity index (χ2v) is 6.54. The molecule has 0 aliphatic carbocycles. The van der Waals surface area contributed by atoms with Crippen molar-refractivity contribution in [2.75, 3.05) is 26.2 Å². The summed E-state index contributed by atoms with van der Waals surface area (Å²) < 4.78 is 5.45. The number of hydrogen-bond acceptors (Lipinski definition) is 4.